The number of ether oxygens (including phenoxy) is 2. The number of hydrogen-bond acceptors (Lipinski definition) is 7. The van der Waals surface area contributed by atoms with E-state index in [9.17, 15) is 14.9 Å². The SMILES string of the molecule is COC(=O)/C(C#N)=C(/N=C/C=C/C=C/C(C#N)C(=O)OC)c1ccccc1. The molecule has 0 radical (unpaired) electrons. The van der Waals surface area contributed by atoms with Gasteiger partial charge in [0.2, 0.25) is 0 Å². The van der Waals surface area contributed by atoms with Crippen LogP contribution in [0.2, 0.25) is 0 Å². The zero-order valence-electron chi connectivity index (χ0n) is 14.8. The fraction of sp³-hybridized carbons (Fsp3) is 0.150. The normalized spacial score (nSPS) is 13.0. The van der Waals surface area contributed by atoms with Crippen molar-refractivity contribution in [2.75, 3.05) is 14.2 Å². The third-order valence-corrected chi connectivity index (χ3v) is 3.20. The second-order valence-electron chi connectivity index (χ2n) is 4.87. The van der Waals surface area contributed by atoms with Crippen molar-refractivity contribution in [3.8, 4) is 12.1 Å². The smallest absolute Gasteiger partial charge is 0.350 e. The maximum atomic E-state index is 11.8. The van der Waals surface area contributed by atoms with Crippen LogP contribution in [-0.4, -0.2) is 32.4 Å². The molecule has 0 saturated carbocycles. The minimum Gasteiger partial charge on any atom is -0.468 e. The van der Waals surface area contributed by atoms with Gasteiger partial charge < -0.3 is 9.47 Å². The van der Waals surface area contributed by atoms with Crippen LogP contribution < -0.4 is 0 Å². The molecule has 0 saturated heterocycles. The van der Waals surface area contributed by atoms with Gasteiger partial charge in [-0.2, -0.15) is 10.5 Å². The Kier molecular flexibility index (Phi) is 9.02. The summed E-state index contributed by atoms with van der Waals surface area (Å²) in [7, 11) is 2.39. The number of carbonyl (C=O) groups excluding carboxylic acids is 2. The number of aliphatic imine (C=N–C) groups is 1. The molecule has 0 aliphatic heterocycles. The highest BCUT2D eigenvalue weighted by atomic mass is 16.5. The van der Waals surface area contributed by atoms with E-state index < -0.39 is 17.9 Å². The molecule has 1 aromatic carbocycles. The largest absolute Gasteiger partial charge is 0.468 e. The van der Waals surface area contributed by atoms with Crippen LogP contribution in [0.25, 0.3) is 5.70 Å². The summed E-state index contributed by atoms with van der Waals surface area (Å²) in [4.78, 5) is 27.3. The molecule has 1 rings (SSSR count). The van der Waals surface area contributed by atoms with Crippen LogP contribution >= 0.6 is 0 Å². The maximum absolute atomic E-state index is 11.8. The first-order valence-corrected chi connectivity index (χ1v) is 7.72. The van der Waals surface area contributed by atoms with Crippen LogP contribution in [0.3, 0.4) is 0 Å². The molecule has 0 spiro atoms. The van der Waals surface area contributed by atoms with Crippen LogP contribution in [0, 0.1) is 28.6 Å². The van der Waals surface area contributed by atoms with Crippen LogP contribution in [0.5, 0.6) is 0 Å². The number of esters is 2. The van der Waals surface area contributed by atoms with Crippen molar-refractivity contribution in [2.24, 2.45) is 10.9 Å². The third kappa shape index (κ3) is 6.45. The molecular formula is C20H17N3O4. The number of benzene rings is 1. The van der Waals surface area contributed by atoms with E-state index in [-0.39, 0.29) is 11.3 Å². The van der Waals surface area contributed by atoms with Crippen molar-refractivity contribution in [3.05, 3.63) is 65.8 Å². The minimum absolute atomic E-state index is 0.169. The average Bonchev–Trinajstić information content (AvgIpc) is 2.72. The number of rotatable bonds is 7. The van der Waals surface area contributed by atoms with Crippen molar-refractivity contribution < 1.29 is 19.1 Å². The number of hydrogen-bond donors (Lipinski definition) is 0. The van der Waals surface area contributed by atoms with Crippen molar-refractivity contribution in [1.29, 1.82) is 10.5 Å². The van der Waals surface area contributed by atoms with Gasteiger partial charge in [-0.25, -0.2) is 4.79 Å². The Balaban J connectivity index is 3.06. The molecule has 1 unspecified atom stereocenters. The van der Waals surface area contributed by atoms with E-state index in [1.165, 1.54) is 38.7 Å². The molecule has 1 aromatic rings. The van der Waals surface area contributed by atoms with Gasteiger partial charge in [0.05, 0.1) is 26.0 Å². The van der Waals surface area contributed by atoms with Gasteiger partial charge in [-0.1, -0.05) is 48.6 Å². The standard InChI is InChI=1S/C20H17N3O4/c1-26-19(24)16(13-21)11-7-4-8-12-23-18(15-9-5-3-6-10-15)17(14-22)20(25)27-2/h3-12,16H,1-2H3/b8-4+,11-7+,18-17+,23-12+. The Morgan fingerprint density at radius 1 is 1.07 bits per heavy atom. The molecule has 27 heavy (non-hydrogen) atoms. The second kappa shape index (κ2) is 11.6. The average molecular weight is 363 g/mol. The van der Waals surface area contributed by atoms with E-state index >= 15 is 0 Å². The van der Waals surface area contributed by atoms with Gasteiger partial charge in [0.25, 0.3) is 0 Å². The molecule has 0 aliphatic carbocycles. The first kappa shape index (κ1) is 21.1. The first-order chi connectivity index (χ1) is 13.1. The molecule has 7 heteroatoms. The quantitative estimate of drug-likeness (QED) is 0.242. The number of allylic oxidation sites excluding steroid dienone is 3. The molecule has 7 nitrogen and oxygen atoms in total. The van der Waals surface area contributed by atoms with Crippen molar-refractivity contribution >= 4 is 23.9 Å². The molecule has 0 aliphatic rings. The van der Waals surface area contributed by atoms with Crippen molar-refractivity contribution in [2.45, 2.75) is 0 Å². The number of carbonyl (C=O) groups is 2. The zero-order chi connectivity index (χ0) is 20.1. The van der Waals surface area contributed by atoms with Gasteiger partial charge in [0.1, 0.15) is 6.07 Å². The molecule has 1 atom stereocenters. The van der Waals surface area contributed by atoms with E-state index in [0.717, 1.165) is 0 Å². The predicted octanol–water partition coefficient (Wildman–Crippen LogP) is 2.59. The first-order valence-electron chi connectivity index (χ1n) is 7.72. The van der Waals surface area contributed by atoms with Crippen LogP contribution in [0.15, 0.2) is 65.2 Å². The van der Waals surface area contributed by atoms with E-state index in [2.05, 4.69) is 14.5 Å². The lowest BCUT2D eigenvalue weighted by molar-refractivity contribution is -0.142. The van der Waals surface area contributed by atoms with Gasteiger partial charge in [-0.3, -0.25) is 9.79 Å². The van der Waals surface area contributed by atoms with E-state index in [4.69, 9.17) is 5.26 Å². The van der Waals surface area contributed by atoms with Gasteiger partial charge in [-0.05, 0) is 6.08 Å². The zero-order valence-corrected chi connectivity index (χ0v) is 14.8. The van der Waals surface area contributed by atoms with E-state index in [1.807, 2.05) is 6.07 Å². The minimum atomic E-state index is -0.999. The number of nitriles is 2. The summed E-state index contributed by atoms with van der Waals surface area (Å²) in [6.45, 7) is 0. The van der Waals surface area contributed by atoms with E-state index in [0.29, 0.717) is 5.56 Å². The van der Waals surface area contributed by atoms with Crippen molar-refractivity contribution in [3.63, 3.8) is 0 Å². The Morgan fingerprint density at radius 3 is 2.33 bits per heavy atom. The fourth-order valence-electron chi connectivity index (χ4n) is 1.88. The van der Waals surface area contributed by atoms with Crippen LogP contribution in [0.1, 0.15) is 5.56 Å². The van der Waals surface area contributed by atoms with Gasteiger partial charge in [0, 0.05) is 11.8 Å². The molecule has 0 aromatic heterocycles. The third-order valence-electron chi connectivity index (χ3n) is 3.20. The maximum Gasteiger partial charge on any atom is 0.350 e. The predicted molar refractivity (Wildman–Crippen MR) is 98.9 cm³/mol. The summed E-state index contributed by atoms with van der Waals surface area (Å²) in [6.07, 6.45) is 7.32. The number of nitrogens with zero attached hydrogens (tertiary/aromatic N) is 3. The highest BCUT2D eigenvalue weighted by Crippen LogP contribution is 2.20. The summed E-state index contributed by atoms with van der Waals surface area (Å²) in [5.41, 5.74) is 0.525. The Bertz CT molecular complexity index is 869. The van der Waals surface area contributed by atoms with Crippen LogP contribution in [0.4, 0.5) is 0 Å². The molecule has 0 amide bonds. The second-order valence-corrected chi connectivity index (χ2v) is 4.87. The highest BCUT2D eigenvalue weighted by molar-refractivity contribution is 6.02. The molecule has 0 N–H and O–H groups in total. The summed E-state index contributed by atoms with van der Waals surface area (Å²) in [6, 6.07) is 12.3. The Hall–Kier alpha value is -3.97. The molecule has 0 bridgehead atoms. The monoisotopic (exact) mass is 363 g/mol. The van der Waals surface area contributed by atoms with Gasteiger partial charge >= 0.3 is 11.9 Å². The van der Waals surface area contributed by atoms with E-state index in [1.54, 1.807) is 42.5 Å². The summed E-state index contributed by atoms with van der Waals surface area (Å²) < 4.78 is 9.12. The van der Waals surface area contributed by atoms with Gasteiger partial charge in [0.15, 0.2) is 11.5 Å². The lowest BCUT2D eigenvalue weighted by atomic mass is 10.1. The fourth-order valence-corrected chi connectivity index (χ4v) is 1.88. The van der Waals surface area contributed by atoms with Crippen molar-refractivity contribution in [1.82, 2.24) is 0 Å². The summed E-state index contributed by atoms with van der Waals surface area (Å²) in [5, 5.41) is 18.1. The summed E-state index contributed by atoms with van der Waals surface area (Å²) in [5.74, 6) is -2.44. The molecular weight excluding hydrogens is 346 g/mol. The van der Waals surface area contributed by atoms with Crippen LogP contribution in [-0.2, 0) is 19.1 Å². The Morgan fingerprint density at radius 2 is 1.78 bits per heavy atom. The number of methoxy groups -OCH3 is 2. The Labute approximate surface area is 157 Å². The topological polar surface area (TPSA) is 113 Å². The lowest BCUT2D eigenvalue weighted by Gasteiger charge is -2.04. The molecule has 0 heterocycles. The molecule has 0 fully saturated rings. The highest BCUT2D eigenvalue weighted by Gasteiger charge is 2.16. The van der Waals surface area contributed by atoms with Gasteiger partial charge in [-0.15, -0.1) is 0 Å². The molecule has 136 valence electrons. The summed E-state index contributed by atoms with van der Waals surface area (Å²) >= 11 is 0. The lowest BCUT2D eigenvalue weighted by Crippen LogP contribution is -2.11.